The zero-order valence-corrected chi connectivity index (χ0v) is 14.5. The Labute approximate surface area is 134 Å². The van der Waals surface area contributed by atoms with Crippen LogP contribution in [0.25, 0.3) is 0 Å². The predicted molar refractivity (Wildman–Crippen MR) is 83.5 cm³/mol. The Kier molecular flexibility index (Phi) is 6.25. The Balaban J connectivity index is 1.86. The maximum atomic E-state index is 9.55. The number of aliphatic hydroxyl groups is 1. The average molecular weight is 316 g/mol. The highest BCUT2D eigenvalue weighted by molar-refractivity contribution is 4.86. The summed E-state index contributed by atoms with van der Waals surface area (Å²) in [5.41, 5.74) is 0. The van der Waals surface area contributed by atoms with Gasteiger partial charge in [-0.3, -0.25) is 0 Å². The Bertz CT molecular complexity index is 338. The van der Waals surface area contributed by atoms with Crippen molar-refractivity contribution in [2.24, 2.45) is 0 Å². The number of rotatable bonds is 8. The lowest BCUT2D eigenvalue weighted by Gasteiger charge is -2.26. The van der Waals surface area contributed by atoms with E-state index in [0.29, 0.717) is 6.61 Å². The van der Waals surface area contributed by atoms with E-state index in [-0.39, 0.29) is 24.9 Å². The maximum absolute atomic E-state index is 9.55. The van der Waals surface area contributed by atoms with E-state index in [1.807, 2.05) is 0 Å². The first-order valence-corrected chi connectivity index (χ1v) is 8.84. The van der Waals surface area contributed by atoms with Crippen LogP contribution >= 0.6 is 0 Å². The molecular weight excluding hydrogens is 284 g/mol. The van der Waals surface area contributed by atoms with Gasteiger partial charge in [-0.25, -0.2) is 0 Å². The molecule has 0 radical (unpaired) electrons. The summed E-state index contributed by atoms with van der Waals surface area (Å²) in [7, 11) is 0. The van der Waals surface area contributed by atoms with E-state index in [2.05, 4.69) is 27.7 Å². The Morgan fingerprint density at radius 3 is 1.91 bits per heavy atom. The molecule has 0 saturated carbocycles. The number of hydrogen-bond donors (Lipinski definition) is 1. The molecule has 0 aromatic rings. The van der Waals surface area contributed by atoms with Crippen LogP contribution in [0.15, 0.2) is 0 Å². The third-order valence-electron chi connectivity index (χ3n) is 5.17. The predicted octanol–water partition coefficient (Wildman–Crippen LogP) is 2.99. The second-order valence-electron chi connectivity index (χ2n) is 6.36. The molecule has 0 amide bonds. The molecule has 3 atom stereocenters. The van der Waals surface area contributed by atoms with Crippen LogP contribution in [0.1, 0.15) is 66.2 Å². The van der Waals surface area contributed by atoms with Gasteiger partial charge in [0.1, 0.15) is 6.10 Å². The molecule has 1 N–H and O–H groups in total. The quantitative estimate of drug-likeness (QED) is 0.746. The standard InChI is InChI=1S/C17H32O5/c1-5-16(6-2)19-12-13(20-16)9-10-14-15(11-18)22-17(7-3,8-4)21-14/h13-15,18H,5-12H2,1-4H3. The van der Waals surface area contributed by atoms with Crippen molar-refractivity contribution in [1.82, 2.24) is 0 Å². The van der Waals surface area contributed by atoms with Crippen LogP contribution in [0.3, 0.4) is 0 Å². The summed E-state index contributed by atoms with van der Waals surface area (Å²) < 4.78 is 24.1. The Morgan fingerprint density at radius 2 is 1.41 bits per heavy atom. The SMILES string of the molecule is CCC1(CC)OCC(CCC2OC(CC)(CC)OC2CO)O1. The smallest absolute Gasteiger partial charge is 0.168 e. The molecule has 2 fully saturated rings. The lowest BCUT2D eigenvalue weighted by molar-refractivity contribution is -0.183. The normalized spacial score (nSPS) is 33.4. The molecule has 2 aliphatic rings. The van der Waals surface area contributed by atoms with E-state index in [1.165, 1.54) is 0 Å². The van der Waals surface area contributed by atoms with Crippen molar-refractivity contribution in [2.75, 3.05) is 13.2 Å². The topological polar surface area (TPSA) is 57.2 Å². The van der Waals surface area contributed by atoms with Crippen LogP contribution in [0.5, 0.6) is 0 Å². The van der Waals surface area contributed by atoms with Gasteiger partial charge in [-0.2, -0.15) is 0 Å². The summed E-state index contributed by atoms with van der Waals surface area (Å²) in [6.45, 7) is 8.96. The van der Waals surface area contributed by atoms with E-state index in [0.717, 1.165) is 38.5 Å². The van der Waals surface area contributed by atoms with E-state index in [4.69, 9.17) is 18.9 Å². The van der Waals surface area contributed by atoms with Gasteiger partial charge in [0, 0.05) is 0 Å². The summed E-state index contributed by atoms with van der Waals surface area (Å²) in [5, 5.41) is 9.55. The average Bonchev–Trinajstić information content (AvgIpc) is 3.15. The van der Waals surface area contributed by atoms with Gasteiger partial charge in [-0.15, -0.1) is 0 Å². The fourth-order valence-corrected chi connectivity index (χ4v) is 3.44. The second-order valence-corrected chi connectivity index (χ2v) is 6.36. The molecule has 22 heavy (non-hydrogen) atoms. The third-order valence-corrected chi connectivity index (χ3v) is 5.17. The largest absolute Gasteiger partial charge is 0.394 e. The van der Waals surface area contributed by atoms with Crippen molar-refractivity contribution >= 4 is 0 Å². The third kappa shape index (κ3) is 3.65. The highest BCUT2D eigenvalue weighted by Gasteiger charge is 2.45. The molecular formula is C17H32O5. The molecule has 2 aliphatic heterocycles. The highest BCUT2D eigenvalue weighted by atomic mass is 16.8. The van der Waals surface area contributed by atoms with Gasteiger partial charge in [0.05, 0.1) is 25.4 Å². The minimum atomic E-state index is -0.526. The minimum absolute atomic E-state index is 0.00228. The van der Waals surface area contributed by atoms with E-state index in [9.17, 15) is 5.11 Å². The molecule has 2 heterocycles. The zero-order valence-electron chi connectivity index (χ0n) is 14.5. The molecule has 5 nitrogen and oxygen atoms in total. The van der Waals surface area contributed by atoms with Crippen molar-refractivity contribution in [3.63, 3.8) is 0 Å². The van der Waals surface area contributed by atoms with E-state index >= 15 is 0 Å². The van der Waals surface area contributed by atoms with Gasteiger partial charge in [-0.05, 0) is 38.5 Å². The lowest BCUT2D eigenvalue weighted by atomic mass is 10.1. The summed E-state index contributed by atoms with van der Waals surface area (Å²) in [5.74, 6) is -0.924. The zero-order chi connectivity index (χ0) is 16.2. The summed E-state index contributed by atoms with van der Waals surface area (Å²) in [4.78, 5) is 0. The monoisotopic (exact) mass is 316 g/mol. The van der Waals surface area contributed by atoms with Crippen molar-refractivity contribution in [3.8, 4) is 0 Å². The molecule has 3 unspecified atom stereocenters. The first-order valence-electron chi connectivity index (χ1n) is 8.84. The fourth-order valence-electron chi connectivity index (χ4n) is 3.44. The summed E-state index contributed by atoms with van der Waals surface area (Å²) in [6.07, 6.45) is 4.86. The molecule has 2 saturated heterocycles. The summed E-state index contributed by atoms with van der Waals surface area (Å²) in [6, 6.07) is 0. The van der Waals surface area contributed by atoms with Gasteiger partial charge in [0.2, 0.25) is 0 Å². The van der Waals surface area contributed by atoms with E-state index < -0.39 is 11.6 Å². The number of hydrogen-bond acceptors (Lipinski definition) is 5. The van der Waals surface area contributed by atoms with Crippen LogP contribution < -0.4 is 0 Å². The van der Waals surface area contributed by atoms with Crippen molar-refractivity contribution in [2.45, 2.75) is 96.1 Å². The highest BCUT2D eigenvalue weighted by Crippen LogP contribution is 2.37. The lowest BCUT2D eigenvalue weighted by Crippen LogP contribution is -2.30. The fraction of sp³-hybridized carbons (Fsp3) is 1.00. The van der Waals surface area contributed by atoms with Crippen molar-refractivity contribution < 1.29 is 24.1 Å². The first-order chi connectivity index (χ1) is 10.6. The Hall–Kier alpha value is -0.200. The van der Waals surface area contributed by atoms with Gasteiger partial charge < -0.3 is 24.1 Å². The van der Waals surface area contributed by atoms with Gasteiger partial charge in [0.25, 0.3) is 0 Å². The van der Waals surface area contributed by atoms with Crippen LogP contribution in [-0.2, 0) is 18.9 Å². The minimum Gasteiger partial charge on any atom is -0.394 e. The van der Waals surface area contributed by atoms with Crippen molar-refractivity contribution in [3.05, 3.63) is 0 Å². The first kappa shape index (κ1) is 18.1. The number of ether oxygens (including phenoxy) is 4. The van der Waals surface area contributed by atoms with Crippen LogP contribution in [0.4, 0.5) is 0 Å². The molecule has 2 rings (SSSR count). The molecule has 0 bridgehead atoms. The second kappa shape index (κ2) is 7.58. The molecule has 130 valence electrons. The molecule has 0 aromatic heterocycles. The number of aliphatic hydroxyl groups excluding tert-OH is 1. The molecule has 0 aliphatic carbocycles. The van der Waals surface area contributed by atoms with Gasteiger partial charge in [-0.1, -0.05) is 27.7 Å². The van der Waals surface area contributed by atoms with Crippen LogP contribution in [0, 0.1) is 0 Å². The van der Waals surface area contributed by atoms with Crippen molar-refractivity contribution in [1.29, 1.82) is 0 Å². The summed E-state index contributed by atoms with van der Waals surface area (Å²) >= 11 is 0. The van der Waals surface area contributed by atoms with Crippen LogP contribution in [0.2, 0.25) is 0 Å². The van der Waals surface area contributed by atoms with Gasteiger partial charge >= 0.3 is 0 Å². The van der Waals surface area contributed by atoms with Gasteiger partial charge in [0.15, 0.2) is 11.6 Å². The maximum Gasteiger partial charge on any atom is 0.168 e. The molecule has 5 heteroatoms. The van der Waals surface area contributed by atoms with E-state index in [1.54, 1.807) is 0 Å². The van der Waals surface area contributed by atoms with Crippen LogP contribution in [-0.4, -0.2) is 48.2 Å². The molecule has 0 aromatic carbocycles. The Morgan fingerprint density at radius 1 is 0.818 bits per heavy atom. The molecule has 0 spiro atoms.